The molecule has 1 rings (SSSR count). The third-order valence-corrected chi connectivity index (χ3v) is 1.16. The van der Waals surface area contributed by atoms with Crippen LogP contribution in [0.15, 0.2) is 0 Å². The smallest absolute Gasteiger partial charge is 0.0492 e. The fourth-order valence-electron chi connectivity index (χ4n) is 0.652. The van der Waals surface area contributed by atoms with E-state index in [2.05, 4.69) is 6.92 Å². The van der Waals surface area contributed by atoms with Gasteiger partial charge >= 0.3 is 0 Å². The summed E-state index contributed by atoms with van der Waals surface area (Å²) in [6.07, 6.45) is 1.26. The number of hydrogen-bond acceptors (Lipinski definition) is 1. The van der Waals surface area contributed by atoms with E-state index in [4.69, 9.17) is 4.74 Å². The van der Waals surface area contributed by atoms with Gasteiger partial charge in [-0.05, 0) is 12.3 Å². The lowest BCUT2D eigenvalue weighted by Crippen LogP contribution is -1.88. The minimum Gasteiger partial charge on any atom is -0.381 e. The van der Waals surface area contributed by atoms with Crippen molar-refractivity contribution in [1.82, 2.24) is 0 Å². The van der Waals surface area contributed by atoms with Crippen LogP contribution in [0.3, 0.4) is 0 Å². The van der Waals surface area contributed by atoms with Crippen LogP contribution in [0.4, 0.5) is 0 Å². The molecule has 78 valence electrons. The summed E-state index contributed by atoms with van der Waals surface area (Å²) in [5, 5.41) is 0. The van der Waals surface area contributed by atoms with E-state index in [1.807, 2.05) is 41.5 Å². The molecule has 1 unspecified atom stereocenters. The zero-order valence-electron chi connectivity index (χ0n) is 10.1. The second-order valence-electron chi connectivity index (χ2n) is 1.97. The van der Waals surface area contributed by atoms with Crippen molar-refractivity contribution in [3.8, 4) is 0 Å². The first-order valence-corrected chi connectivity index (χ1v) is 5.47. The summed E-state index contributed by atoms with van der Waals surface area (Å²) >= 11 is 0. The lowest BCUT2D eigenvalue weighted by atomic mass is 10.2. The molecule has 0 aromatic carbocycles. The molecule has 1 saturated heterocycles. The van der Waals surface area contributed by atoms with Gasteiger partial charge in [-0.25, -0.2) is 0 Å². The van der Waals surface area contributed by atoms with E-state index in [1.54, 1.807) is 0 Å². The van der Waals surface area contributed by atoms with Crippen molar-refractivity contribution in [2.75, 3.05) is 13.2 Å². The summed E-state index contributed by atoms with van der Waals surface area (Å²) in [5.41, 5.74) is 0. The molecule has 1 heterocycles. The molecule has 1 heteroatoms. The van der Waals surface area contributed by atoms with Crippen molar-refractivity contribution in [2.24, 2.45) is 5.92 Å². The number of rotatable bonds is 0. The van der Waals surface area contributed by atoms with Gasteiger partial charge in [0.25, 0.3) is 0 Å². The first kappa shape index (κ1) is 17.9. The average Bonchev–Trinajstić information content (AvgIpc) is 2.66. The first-order chi connectivity index (χ1) is 5.89. The molecule has 0 aromatic heterocycles. The van der Waals surface area contributed by atoms with Gasteiger partial charge in [0.05, 0.1) is 0 Å². The number of ether oxygens (including phenoxy) is 1. The highest BCUT2D eigenvalue weighted by Crippen LogP contribution is 2.09. The predicted octanol–water partition coefficient (Wildman–Crippen LogP) is 4.12. The van der Waals surface area contributed by atoms with Crippen molar-refractivity contribution in [3.63, 3.8) is 0 Å². The lowest BCUT2D eigenvalue weighted by molar-refractivity contribution is 0.188. The Morgan fingerprint density at radius 3 is 1.42 bits per heavy atom. The maximum Gasteiger partial charge on any atom is 0.0492 e. The van der Waals surface area contributed by atoms with Crippen molar-refractivity contribution in [1.29, 1.82) is 0 Å². The standard InChI is InChI=1S/C5H10O.3C2H6/c1-5-2-3-6-4-5;3*1-2/h5H,2-4H2,1H3;3*1-2H3. The minimum absolute atomic E-state index is 0.824. The largest absolute Gasteiger partial charge is 0.381 e. The summed E-state index contributed by atoms with van der Waals surface area (Å²) in [4.78, 5) is 0. The lowest BCUT2D eigenvalue weighted by Gasteiger charge is -1.89. The second-order valence-corrected chi connectivity index (χ2v) is 1.97. The van der Waals surface area contributed by atoms with Gasteiger partial charge in [0.15, 0.2) is 0 Å². The molecule has 0 aromatic rings. The highest BCUT2D eigenvalue weighted by atomic mass is 16.5. The molecule has 1 fully saturated rings. The molecular weight excluding hydrogens is 148 g/mol. The van der Waals surface area contributed by atoms with Gasteiger partial charge < -0.3 is 4.74 Å². The van der Waals surface area contributed by atoms with E-state index in [-0.39, 0.29) is 0 Å². The third-order valence-electron chi connectivity index (χ3n) is 1.16. The maximum atomic E-state index is 5.06. The van der Waals surface area contributed by atoms with E-state index in [0.717, 1.165) is 19.1 Å². The fourth-order valence-corrected chi connectivity index (χ4v) is 0.652. The van der Waals surface area contributed by atoms with Crippen LogP contribution < -0.4 is 0 Å². The summed E-state index contributed by atoms with van der Waals surface area (Å²) in [6, 6.07) is 0. The molecule has 1 nitrogen and oxygen atoms in total. The van der Waals surface area contributed by atoms with Crippen LogP contribution in [-0.2, 0) is 4.74 Å². The minimum atomic E-state index is 0.824. The quantitative estimate of drug-likeness (QED) is 0.539. The summed E-state index contributed by atoms with van der Waals surface area (Å²) in [6.45, 7) is 16.2. The molecular formula is C11H28O. The molecule has 0 spiro atoms. The van der Waals surface area contributed by atoms with Gasteiger partial charge in [-0.15, -0.1) is 0 Å². The molecule has 0 N–H and O–H groups in total. The van der Waals surface area contributed by atoms with Crippen molar-refractivity contribution >= 4 is 0 Å². The molecule has 0 aliphatic carbocycles. The third kappa shape index (κ3) is 16.5. The van der Waals surface area contributed by atoms with E-state index in [9.17, 15) is 0 Å². The molecule has 0 bridgehead atoms. The van der Waals surface area contributed by atoms with E-state index in [1.165, 1.54) is 6.42 Å². The Labute approximate surface area is 79.5 Å². The summed E-state index contributed by atoms with van der Waals surface area (Å²) < 4.78 is 5.06. The average molecular weight is 176 g/mol. The van der Waals surface area contributed by atoms with E-state index >= 15 is 0 Å². The molecule has 1 aliphatic rings. The van der Waals surface area contributed by atoms with Gasteiger partial charge in [-0.1, -0.05) is 48.5 Å². The Balaban J connectivity index is -0.000000117. The molecule has 1 atom stereocenters. The topological polar surface area (TPSA) is 9.23 Å². The van der Waals surface area contributed by atoms with E-state index < -0.39 is 0 Å². The summed E-state index contributed by atoms with van der Waals surface area (Å²) in [7, 11) is 0. The second kappa shape index (κ2) is 22.4. The molecule has 0 saturated carbocycles. The summed E-state index contributed by atoms with van der Waals surface area (Å²) in [5.74, 6) is 0.824. The van der Waals surface area contributed by atoms with Gasteiger partial charge in [-0.2, -0.15) is 0 Å². The van der Waals surface area contributed by atoms with Gasteiger partial charge in [-0.3, -0.25) is 0 Å². The van der Waals surface area contributed by atoms with Crippen molar-refractivity contribution in [3.05, 3.63) is 0 Å². The van der Waals surface area contributed by atoms with Crippen LogP contribution in [-0.4, -0.2) is 13.2 Å². The Hall–Kier alpha value is -0.0400. The van der Waals surface area contributed by atoms with Crippen molar-refractivity contribution < 1.29 is 4.74 Å². The number of hydrogen-bond donors (Lipinski definition) is 0. The van der Waals surface area contributed by atoms with Crippen LogP contribution in [0.5, 0.6) is 0 Å². The SMILES string of the molecule is CC.CC.CC.CC1CCOC1. The fraction of sp³-hybridized carbons (Fsp3) is 1.00. The Kier molecular flexibility index (Phi) is 33.5. The Bertz CT molecular complexity index is 38.3. The van der Waals surface area contributed by atoms with Gasteiger partial charge in [0.1, 0.15) is 0 Å². The molecule has 1 aliphatic heterocycles. The van der Waals surface area contributed by atoms with Crippen LogP contribution in [0.2, 0.25) is 0 Å². The van der Waals surface area contributed by atoms with Gasteiger partial charge in [0, 0.05) is 13.2 Å². The highest BCUT2D eigenvalue weighted by Gasteiger charge is 2.07. The molecule has 0 radical (unpaired) electrons. The Morgan fingerprint density at radius 2 is 1.33 bits per heavy atom. The van der Waals surface area contributed by atoms with Crippen LogP contribution in [0, 0.1) is 5.92 Å². The molecule has 0 amide bonds. The first-order valence-electron chi connectivity index (χ1n) is 5.47. The zero-order valence-corrected chi connectivity index (χ0v) is 10.1. The molecule has 12 heavy (non-hydrogen) atoms. The van der Waals surface area contributed by atoms with Crippen molar-refractivity contribution in [2.45, 2.75) is 54.9 Å². The zero-order chi connectivity index (χ0) is 10.4. The van der Waals surface area contributed by atoms with E-state index in [0.29, 0.717) is 0 Å². The predicted molar refractivity (Wildman–Crippen MR) is 58.6 cm³/mol. The van der Waals surface area contributed by atoms with Crippen LogP contribution in [0.25, 0.3) is 0 Å². The van der Waals surface area contributed by atoms with Crippen LogP contribution in [0.1, 0.15) is 54.9 Å². The monoisotopic (exact) mass is 176 g/mol. The maximum absolute atomic E-state index is 5.06. The van der Waals surface area contributed by atoms with Gasteiger partial charge in [0.2, 0.25) is 0 Å². The normalized spacial score (nSPS) is 18.8. The Morgan fingerprint density at radius 1 is 0.917 bits per heavy atom. The highest BCUT2D eigenvalue weighted by molar-refractivity contribution is 4.55. The van der Waals surface area contributed by atoms with Crippen LogP contribution >= 0.6 is 0 Å².